The van der Waals surface area contributed by atoms with Gasteiger partial charge in [-0.3, -0.25) is 14.9 Å². The first-order chi connectivity index (χ1) is 10.5. The first-order valence-electron chi connectivity index (χ1n) is 6.48. The average Bonchev–Trinajstić information content (AvgIpc) is 3.06. The smallest absolute Gasteiger partial charge is 0.335 e. The quantitative estimate of drug-likeness (QED) is 0.832. The molecule has 2 amide bonds. The van der Waals surface area contributed by atoms with Crippen LogP contribution in [-0.4, -0.2) is 28.3 Å². The SMILES string of the molecule is O=C1NC(=O)/C(=C/C2CC=C(c3ccc(C(=O)O)cc3)O2)S1. The number of carboxylic acid groups (broad SMARTS) is 1. The summed E-state index contributed by atoms with van der Waals surface area (Å²) in [5.41, 5.74) is 0.976. The Kier molecular flexibility index (Phi) is 3.72. The molecule has 2 N–H and O–H groups in total. The van der Waals surface area contributed by atoms with Gasteiger partial charge in [-0.15, -0.1) is 0 Å². The highest BCUT2D eigenvalue weighted by Gasteiger charge is 2.28. The van der Waals surface area contributed by atoms with E-state index in [4.69, 9.17) is 9.84 Å². The molecular formula is C15H11NO5S. The van der Waals surface area contributed by atoms with E-state index in [1.807, 2.05) is 6.08 Å². The number of aromatic carboxylic acids is 1. The van der Waals surface area contributed by atoms with Crippen molar-refractivity contribution in [2.75, 3.05) is 0 Å². The Morgan fingerprint density at radius 3 is 2.64 bits per heavy atom. The van der Waals surface area contributed by atoms with Crippen molar-refractivity contribution in [1.29, 1.82) is 0 Å². The van der Waals surface area contributed by atoms with E-state index in [0.29, 0.717) is 17.1 Å². The first kappa shape index (κ1) is 14.4. The number of ether oxygens (including phenoxy) is 1. The fourth-order valence-corrected chi connectivity index (χ4v) is 2.86. The number of amides is 2. The summed E-state index contributed by atoms with van der Waals surface area (Å²) in [5.74, 6) is -0.754. The van der Waals surface area contributed by atoms with E-state index in [1.54, 1.807) is 18.2 Å². The van der Waals surface area contributed by atoms with Crippen LogP contribution < -0.4 is 5.32 Å². The molecule has 2 aliphatic rings. The van der Waals surface area contributed by atoms with Crippen molar-refractivity contribution in [2.45, 2.75) is 12.5 Å². The highest BCUT2D eigenvalue weighted by atomic mass is 32.2. The zero-order valence-corrected chi connectivity index (χ0v) is 12.1. The number of rotatable bonds is 3. The molecule has 1 aromatic rings. The van der Waals surface area contributed by atoms with Gasteiger partial charge in [0.05, 0.1) is 10.5 Å². The Balaban J connectivity index is 1.69. The zero-order chi connectivity index (χ0) is 15.7. The van der Waals surface area contributed by atoms with Crippen molar-refractivity contribution < 1.29 is 24.2 Å². The molecule has 0 spiro atoms. The maximum absolute atomic E-state index is 11.5. The third kappa shape index (κ3) is 2.89. The van der Waals surface area contributed by atoms with Crippen molar-refractivity contribution in [2.24, 2.45) is 0 Å². The Morgan fingerprint density at radius 1 is 1.32 bits per heavy atom. The van der Waals surface area contributed by atoms with Crippen LogP contribution >= 0.6 is 11.8 Å². The summed E-state index contributed by atoms with van der Waals surface area (Å²) in [4.78, 5) is 33.7. The Bertz CT molecular complexity index is 720. The Hall–Kier alpha value is -2.54. The summed E-state index contributed by atoms with van der Waals surface area (Å²) in [5, 5.41) is 10.7. The molecule has 1 atom stereocenters. The molecule has 1 fully saturated rings. The van der Waals surface area contributed by atoms with Gasteiger partial charge in [-0.25, -0.2) is 4.79 Å². The molecule has 0 saturated carbocycles. The summed E-state index contributed by atoms with van der Waals surface area (Å²) in [7, 11) is 0. The van der Waals surface area contributed by atoms with Gasteiger partial charge in [0.2, 0.25) is 0 Å². The molecule has 0 aliphatic carbocycles. The molecule has 1 saturated heterocycles. The lowest BCUT2D eigenvalue weighted by Gasteiger charge is -2.10. The van der Waals surface area contributed by atoms with E-state index in [0.717, 1.165) is 17.3 Å². The highest BCUT2D eigenvalue weighted by molar-refractivity contribution is 8.18. The summed E-state index contributed by atoms with van der Waals surface area (Å²) in [6.45, 7) is 0. The predicted molar refractivity (Wildman–Crippen MR) is 80.1 cm³/mol. The number of carboxylic acids is 1. The van der Waals surface area contributed by atoms with Gasteiger partial charge in [-0.1, -0.05) is 12.1 Å². The topological polar surface area (TPSA) is 92.7 Å². The van der Waals surface area contributed by atoms with E-state index >= 15 is 0 Å². The number of nitrogens with one attached hydrogen (secondary N) is 1. The van der Waals surface area contributed by atoms with Crippen molar-refractivity contribution in [1.82, 2.24) is 5.32 Å². The summed E-state index contributed by atoms with van der Waals surface area (Å²) in [6.07, 6.45) is 3.77. The van der Waals surface area contributed by atoms with Crippen LogP contribution in [0.5, 0.6) is 0 Å². The van der Waals surface area contributed by atoms with E-state index in [2.05, 4.69) is 5.32 Å². The summed E-state index contributed by atoms with van der Waals surface area (Å²) >= 11 is 0.856. The molecular weight excluding hydrogens is 306 g/mol. The maximum atomic E-state index is 11.5. The van der Waals surface area contributed by atoms with Crippen LogP contribution in [0.3, 0.4) is 0 Å². The molecule has 1 aromatic carbocycles. The lowest BCUT2D eigenvalue weighted by Crippen LogP contribution is -2.18. The molecule has 7 heteroatoms. The molecule has 22 heavy (non-hydrogen) atoms. The van der Waals surface area contributed by atoms with Gasteiger partial charge in [0.1, 0.15) is 11.9 Å². The molecule has 0 aromatic heterocycles. The maximum Gasteiger partial charge on any atom is 0.335 e. The first-order valence-corrected chi connectivity index (χ1v) is 7.30. The highest BCUT2D eigenvalue weighted by Crippen LogP contribution is 2.30. The van der Waals surface area contributed by atoms with Crippen molar-refractivity contribution in [3.8, 4) is 0 Å². The summed E-state index contributed by atoms with van der Waals surface area (Å²) < 4.78 is 5.73. The van der Waals surface area contributed by atoms with Crippen molar-refractivity contribution >= 4 is 34.6 Å². The van der Waals surface area contributed by atoms with Gasteiger partial charge >= 0.3 is 5.97 Å². The fourth-order valence-electron chi connectivity index (χ4n) is 2.15. The van der Waals surface area contributed by atoms with E-state index in [9.17, 15) is 14.4 Å². The van der Waals surface area contributed by atoms with Crippen molar-refractivity contribution in [3.63, 3.8) is 0 Å². The second kappa shape index (κ2) is 5.69. The van der Waals surface area contributed by atoms with Gasteiger partial charge in [-0.2, -0.15) is 0 Å². The predicted octanol–water partition coefficient (Wildman–Crippen LogP) is 2.38. The minimum Gasteiger partial charge on any atom is -0.486 e. The molecule has 6 nitrogen and oxygen atoms in total. The molecule has 3 rings (SSSR count). The minimum absolute atomic E-state index is 0.207. The van der Waals surface area contributed by atoms with Crippen LogP contribution in [0.1, 0.15) is 22.3 Å². The third-order valence-electron chi connectivity index (χ3n) is 3.21. The van der Waals surface area contributed by atoms with E-state index < -0.39 is 11.9 Å². The van der Waals surface area contributed by atoms with Crippen LogP contribution in [0.2, 0.25) is 0 Å². The number of hydrogen-bond acceptors (Lipinski definition) is 5. The van der Waals surface area contributed by atoms with Gasteiger partial charge in [0.15, 0.2) is 0 Å². The number of carbonyl (C=O) groups is 3. The number of benzene rings is 1. The van der Waals surface area contributed by atoms with E-state index in [-0.39, 0.29) is 16.9 Å². The van der Waals surface area contributed by atoms with Gasteiger partial charge < -0.3 is 9.84 Å². The van der Waals surface area contributed by atoms with Crippen LogP contribution in [0, 0.1) is 0 Å². The number of carbonyl (C=O) groups excluding carboxylic acids is 2. The lowest BCUT2D eigenvalue weighted by atomic mass is 10.1. The monoisotopic (exact) mass is 317 g/mol. The third-order valence-corrected chi connectivity index (χ3v) is 4.04. The second-order valence-corrected chi connectivity index (χ2v) is 5.73. The van der Waals surface area contributed by atoms with Crippen LogP contribution in [0.25, 0.3) is 5.76 Å². The number of imide groups is 1. The van der Waals surface area contributed by atoms with E-state index in [1.165, 1.54) is 12.1 Å². The molecule has 1 unspecified atom stereocenters. The van der Waals surface area contributed by atoms with Gasteiger partial charge in [0.25, 0.3) is 11.1 Å². The largest absolute Gasteiger partial charge is 0.486 e. The number of thioether (sulfide) groups is 1. The number of hydrogen-bond donors (Lipinski definition) is 2. The lowest BCUT2D eigenvalue weighted by molar-refractivity contribution is -0.115. The zero-order valence-electron chi connectivity index (χ0n) is 11.2. The van der Waals surface area contributed by atoms with Crippen molar-refractivity contribution in [3.05, 3.63) is 52.4 Å². The molecule has 2 aliphatic heterocycles. The molecule has 0 bridgehead atoms. The van der Waals surface area contributed by atoms with Crippen LogP contribution in [0.4, 0.5) is 4.79 Å². The Morgan fingerprint density at radius 2 is 2.05 bits per heavy atom. The molecule has 2 heterocycles. The molecule has 0 radical (unpaired) electrons. The van der Waals surface area contributed by atoms with Gasteiger partial charge in [-0.05, 0) is 36.0 Å². The standard InChI is InChI=1S/C15H11NO5S/c17-13-12(22-15(20)16-13)7-10-5-6-11(21-10)8-1-3-9(4-2-8)14(18)19/h1-4,6-7,10H,5H2,(H,18,19)(H,16,17,20)/b12-7-. The van der Waals surface area contributed by atoms with Crippen LogP contribution in [-0.2, 0) is 9.53 Å². The fraction of sp³-hybridized carbons (Fsp3) is 0.133. The average molecular weight is 317 g/mol. The van der Waals surface area contributed by atoms with Crippen LogP contribution in [0.15, 0.2) is 41.3 Å². The normalized spacial score (nSPS) is 22.5. The Labute approximate surface area is 129 Å². The second-order valence-electron chi connectivity index (χ2n) is 4.72. The summed E-state index contributed by atoms with van der Waals surface area (Å²) in [6, 6.07) is 6.36. The molecule has 112 valence electrons. The minimum atomic E-state index is -0.982. The van der Waals surface area contributed by atoms with Gasteiger partial charge in [0, 0.05) is 12.0 Å².